The third-order valence-corrected chi connectivity index (χ3v) is 5.31. The van der Waals surface area contributed by atoms with E-state index in [1.165, 1.54) is 12.8 Å². The second kappa shape index (κ2) is 7.03. The molecule has 3 aliphatic heterocycles. The first kappa shape index (κ1) is 15.8. The van der Waals surface area contributed by atoms with Crippen LogP contribution >= 0.6 is 0 Å². The van der Waals surface area contributed by atoms with E-state index in [0.717, 1.165) is 64.7 Å². The second-order valence-corrected chi connectivity index (χ2v) is 6.81. The number of carbonyl (C=O) groups is 1. The number of amides is 1. The first-order chi connectivity index (χ1) is 11.8. The molecule has 3 aliphatic rings. The van der Waals surface area contributed by atoms with E-state index < -0.39 is 0 Å². The number of likely N-dealkylation sites (tertiary alicyclic amines) is 1. The van der Waals surface area contributed by atoms with E-state index in [-0.39, 0.29) is 5.91 Å². The van der Waals surface area contributed by atoms with E-state index in [0.29, 0.717) is 11.7 Å². The molecule has 7 nitrogen and oxygen atoms in total. The van der Waals surface area contributed by atoms with E-state index in [2.05, 4.69) is 20.0 Å². The van der Waals surface area contributed by atoms with Crippen LogP contribution in [0, 0.1) is 0 Å². The number of hydrogen-bond donors (Lipinski definition) is 0. The summed E-state index contributed by atoms with van der Waals surface area (Å²) in [4.78, 5) is 19.3. The lowest BCUT2D eigenvalue weighted by molar-refractivity contribution is 0.0185. The summed E-state index contributed by atoms with van der Waals surface area (Å²) in [5.41, 5.74) is 0.459. The van der Waals surface area contributed by atoms with Crippen LogP contribution in [0.5, 0.6) is 0 Å². The van der Waals surface area contributed by atoms with Gasteiger partial charge in [-0.3, -0.25) is 9.69 Å². The summed E-state index contributed by atoms with van der Waals surface area (Å²) in [5, 5.41) is 8.45. The fourth-order valence-electron chi connectivity index (χ4n) is 3.88. The highest BCUT2D eigenvalue weighted by molar-refractivity contribution is 5.92. The molecule has 0 radical (unpaired) electrons. The summed E-state index contributed by atoms with van der Waals surface area (Å²) in [7, 11) is 0. The molecule has 4 rings (SSSR count). The smallest absolute Gasteiger partial charge is 0.274 e. The van der Waals surface area contributed by atoms with Crippen molar-refractivity contribution in [2.45, 2.75) is 25.3 Å². The van der Waals surface area contributed by atoms with Gasteiger partial charge in [0.1, 0.15) is 0 Å². The summed E-state index contributed by atoms with van der Waals surface area (Å²) in [5.74, 6) is 0.892. The highest BCUT2D eigenvalue weighted by Crippen LogP contribution is 2.20. The van der Waals surface area contributed by atoms with Crippen LogP contribution in [-0.2, 0) is 4.74 Å². The number of morpholine rings is 1. The van der Waals surface area contributed by atoms with Gasteiger partial charge in [0.25, 0.3) is 5.91 Å². The molecule has 0 bridgehead atoms. The van der Waals surface area contributed by atoms with Crippen molar-refractivity contribution in [1.82, 2.24) is 20.0 Å². The van der Waals surface area contributed by atoms with Gasteiger partial charge in [-0.1, -0.05) is 0 Å². The quantitative estimate of drug-likeness (QED) is 0.809. The van der Waals surface area contributed by atoms with Crippen molar-refractivity contribution < 1.29 is 9.53 Å². The molecular formula is C17H25N5O2. The molecule has 3 saturated heterocycles. The SMILES string of the molecule is O=C(c1ccc(N2CCCC2)nn1)N1CCC(N2CCOCC2)C1. The van der Waals surface area contributed by atoms with Crippen molar-refractivity contribution in [2.24, 2.45) is 0 Å². The van der Waals surface area contributed by atoms with Gasteiger partial charge >= 0.3 is 0 Å². The Morgan fingerprint density at radius 2 is 1.83 bits per heavy atom. The third-order valence-electron chi connectivity index (χ3n) is 5.31. The molecule has 0 spiro atoms. The standard InChI is InChI=1S/C17H25N5O2/c23-17(15-3-4-16(19-18-15)21-6-1-2-7-21)22-8-5-14(13-22)20-9-11-24-12-10-20/h3-4,14H,1-2,5-13H2. The van der Waals surface area contributed by atoms with E-state index in [9.17, 15) is 4.79 Å². The minimum absolute atomic E-state index is 0.00577. The predicted octanol–water partition coefficient (Wildman–Crippen LogP) is 0.624. The van der Waals surface area contributed by atoms with Crippen LogP contribution in [0.15, 0.2) is 12.1 Å². The van der Waals surface area contributed by atoms with E-state index in [4.69, 9.17) is 4.74 Å². The van der Waals surface area contributed by atoms with Crippen LogP contribution in [0.25, 0.3) is 0 Å². The van der Waals surface area contributed by atoms with Gasteiger partial charge in [0.2, 0.25) is 0 Å². The summed E-state index contributed by atoms with van der Waals surface area (Å²) in [6, 6.07) is 4.21. The van der Waals surface area contributed by atoms with Crippen LogP contribution in [0.1, 0.15) is 29.8 Å². The summed E-state index contributed by atoms with van der Waals surface area (Å²) in [6.45, 7) is 7.20. The molecular weight excluding hydrogens is 306 g/mol. The maximum atomic E-state index is 12.7. The molecule has 7 heteroatoms. The normalized spacial score (nSPS) is 25.4. The summed E-state index contributed by atoms with van der Waals surface area (Å²) in [6.07, 6.45) is 3.45. The van der Waals surface area contributed by atoms with E-state index in [1.807, 2.05) is 17.0 Å². The van der Waals surface area contributed by atoms with Crippen LogP contribution in [-0.4, -0.2) is 84.4 Å². The molecule has 24 heavy (non-hydrogen) atoms. The molecule has 4 heterocycles. The highest BCUT2D eigenvalue weighted by Gasteiger charge is 2.32. The van der Waals surface area contributed by atoms with Gasteiger partial charge in [-0.15, -0.1) is 10.2 Å². The number of anilines is 1. The molecule has 0 saturated carbocycles. The number of aromatic nitrogens is 2. The molecule has 1 amide bonds. The van der Waals surface area contributed by atoms with Crippen molar-refractivity contribution >= 4 is 11.7 Å². The Bertz CT molecular complexity index is 567. The average Bonchev–Trinajstić information content (AvgIpc) is 3.34. The van der Waals surface area contributed by atoms with Crippen molar-refractivity contribution in [1.29, 1.82) is 0 Å². The predicted molar refractivity (Wildman–Crippen MR) is 90.2 cm³/mol. The van der Waals surface area contributed by atoms with E-state index >= 15 is 0 Å². The van der Waals surface area contributed by atoms with Crippen LogP contribution in [0.2, 0.25) is 0 Å². The van der Waals surface area contributed by atoms with Crippen LogP contribution in [0.3, 0.4) is 0 Å². The summed E-state index contributed by atoms with van der Waals surface area (Å²) >= 11 is 0. The second-order valence-electron chi connectivity index (χ2n) is 6.81. The van der Waals surface area contributed by atoms with Gasteiger partial charge in [-0.25, -0.2) is 0 Å². The molecule has 1 unspecified atom stereocenters. The number of ether oxygens (including phenoxy) is 1. The van der Waals surface area contributed by atoms with Crippen LogP contribution in [0.4, 0.5) is 5.82 Å². The number of rotatable bonds is 3. The first-order valence-corrected chi connectivity index (χ1v) is 9.01. The lowest BCUT2D eigenvalue weighted by atomic mass is 10.2. The maximum Gasteiger partial charge on any atom is 0.274 e. The lowest BCUT2D eigenvalue weighted by Crippen LogP contribution is -2.45. The molecule has 3 fully saturated rings. The minimum Gasteiger partial charge on any atom is -0.379 e. The van der Waals surface area contributed by atoms with Crippen LogP contribution < -0.4 is 4.90 Å². The Balaban J connectivity index is 1.37. The zero-order valence-electron chi connectivity index (χ0n) is 14.1. The lowest BCUT2D eigenvalue weighted by Gasteiger charge is -2.32. The number of hydrogen-bond acceptors (Lipinski definition) is 6. The zero-order chi connectivity index (χ0) is 16.4. The fourth-order valence-corrected chi connectivity index (χ4v) is 3.88. The van der Waals surface area contributed by atoms with Gasteiger partial charge in [-0.05, 0) is 31.4 Å². The topological polar surface area (TPSA) is 61.8 Å². The van der Waals surface area contributed by atoms with Gasteiger partial charge in [0.15, 0.2) is 11.5 Å². The third kappa shape index (κ3) is 3.23. The number of nitrogens with zero attached hydrogens (tertiary/aromatic N) is 5. The Kier molecular flexibility index (Phi) is 4.62. The van der Waals surface area contributed by atoms with Crippen molar-refractivity contribution in [2.75, 3.05) is 57.4 Å². The van der Waals surface area contributed by atoms with Gasteiger partial charge < -0.3 is 14.5 Å². The van der Waals surface area contributed by atoms with E-state index in [1.54, 1.807) is 0 Å². The fraction of sp³-hybridized carbons (Fsp3) is 0.706. The molecule has 0 aliphatic carbocycles. The zero-order valence-corrected chi connectivity index (χ0v) is 14.1. The van der Waals surface area contributed by atoms with Gasteiger partial charge in [0.05, 0.1) is 13.2 Å². The minimum atomic E-state index is 0.00577. The molecule has 1 atom stereocenters. The molecule has 1 aromatic heterocycles. The molecule has 130 valence electrons. The first-order valence-electron chi connectivity index (χ1n) is 9.01. The Morgan fingerprint density at radius 3 is 2.54 bits per heavy atom. The van der Waals surface area contributed by atoms with Crippen molar-refractivity contribution in [3.63, 3.8) is 0 Å². The highest BCUT2D eigenvalue weighted by atomic mass is 16.5. The summed E-state index contributed by atoms with van der Waals surface area (Å²) < 4.78 is 5.41. The number of carbonyl (C=O) groups excluding carboxylic acids is 1. The maximum absolute atomic E-state index is 12.7. The Labute approximate surface area is 142 Å². The molecule has 0 N–H and O–H groups in total. The average molecular weight is 331 g/mol. The largest absolute Gasteiger partial charge is 0.379 e. The molecule has 0 aromatic carbocycles. The molecule has 1 aromatic rings. The van der Waals surface area contributed by atoms with Crippen molar-refractivity contribution in [3.8, 4) is 0 Å². The Morgan fingerprint density at radius 1 is 1.04 bits per heavy atom. The monoisotopic (exact) mass is 331 g/mol. The van der Waals surface area contributed by atoms with Gasteiger partial charge in [-0.2, -0.15) is 0 Å². The Hall–Kier alpha value is -1.73. The van der Waals surface area contributed by atoms with Crippen molar-refractivity contribution in [3.05, 3.63) is 17.8 Å². The van der Waals surface area contributed by atoms with Gasteiger partial charge in [0, 0.05) is 45.3 Å².